The molecule has 1 unspecified atom stereocenters. The van der Waals surface area contributed by atoms with Gasteiger partial charge in [0.1, 0.15) is 6.04 Å². The average molecular weight is 333 g/mol. The zero-order chi connectivity index (χ0) is 18.4. The number of nitrogens with zero attached hydrogens (tertiary/aromatic N) is 2. The van der Waals surface area contributed by atoms with E-state index >= 15 is 0 Å². The molecule has 0 bridgehead atoms. The fourth-order valence-corrected chi connectivity index (χ4v) is 2.93. The molecule has 1 N–H and O–H groups in total. The van der Waals surface area contributed by atoms with Gasteiger partial charge in [-0.1, -0.05) is 17.7 Å². The molecule has 0 aliphatic carbocycles. The first-order valence-corrected chi connectivity index (χ1v) is 8.44. The number of benzene rings is 1. The number of rotatable bonds is 7. The predicted molar refractivity (Wildman–Crippen MR) is 99.3 cm³/mol. The van der Waals surface area contributed by atoms with Gasteiger partial charge in [-0.25, -0.2) is 0 Å². The van der Waals surface area contributed by atoms with Crippen molar-refractivity contribution in [3.05, 3.63) is 28.8 Å². The van der Waals surface area contributed by atoms with Gasteiger partial charge in [0.25, 0.3) is 0 Å². The second-order valence-electron chi connectivity index (χ2n) is 6.81. The zero-order valence-corrected chi connectivity index (χ0v) is 16.1. The maximum atomic E-state index is 12.6. The lowest BCUT2D eigenvalue weighted by Crippen LogP contribution is -2.45. The molecule has 1 rings (SSSR count). The Morgan fingerprint density at radius 2 is 1.62 bits per heavy atom. The van der Waals surface area contributed by atoms with Gasteiger partial charge in [-0.15, -0.1) is 0 Å². The third kappa shape index (κ3) is 5.64. The standard InChI is InChI=1S/C19H31N3O2/c1-13-11-14(2)18(15(3)12-13)20-19(24)16(4)22(17(5)23)10-8-9-21(6)7/h11-12,16H,8-10H2,1-7H3,(H,20,24). The summed E-state index contributed by atoms with van der Waals surface area (Å²) in [6, 6.07) is 3.60. The molecule has 0 spiro atoms. The van der Waals surface area contributed by atoms with Crippen LogP contribution >= 0.6 is 0 Å². The first-order valence-electron chi connectivity index (χ1n) is 8.44. The van der Waals surface area contributed by atoms with E-state index < -0.39 is 6.04 Å². The smallest absolute Gasteiger partial charge is 0.246 e. The molecule has 24 heavy (non-hydrogen) atoms. The highest BCUT2D eigenvalue weighted by atomic mass is 16.2. The van der Waals surface area contributed by atoms with Crippen molar-refractivity contribution < 1.29 is 9.59 Å². The van der Waals surface area contributed by atoms with Crippen LogP contribution in [0.15, 0.2) is 12.1 Å². The number of carbonyl (C=O) groups excluding carboxylic acids is 2. The number of hydrogen-bond acceptors (Lipinski definition) is 3. The second kappa shape index (κ2) is 8.83. The van der Waals surface area contributed by atoms with Crippen molar-refractivity contribution in [2.24, 2.45) is 0 Å². The van der Waals surface area contributed by atoms with Gasteiger partial charge in [0.2, 0.25) is 11.8 Å². The van der Waals surface area contributed by atoms with Gasteiger partial charge < -0.3 is 15.1 Å². The summed E-state index contributed by atoms with van der Waals surface area (Å²) >= 11 is 0. The molecule has 5 nitrogen and oxygen atoms in total. The highest BCUT2D eigenvalue weighted by molar-refractivity contribution is 5.97. The minimum atomic E-state index is -0.496. The van der Waals surface area contributed by atoms with Crippen LogP contribution in [0.5, 0.6) is 0 Å². The Morgan fingerprint density at radius 3 is 2.08 bits per heavy atom. The molecule has 0 saturated carbocycles. The van der Waals surface area contributed by atoms with E-state index in [0.717, 1.165) is 29.8 Å². The van der Waals surface area contributed by atoms with Crippen molar-refractivity contribution >= 4 is 17.5 Å². The fourth-order valence-electron chi connectivity index (χ4n) is 2.93. The molecule has 0 aliphatic rings. The van der Waals surface area contributed by atoms with Crippen LogP contribution in [-0.4, -0.2) is 54.8 Å². The van der Waals surface area contributed by atoms with Gasteiger partial charge in [-0.05, 0) is 65.9 Å². The number of carbonyl (C=O) groups is 2. The predicted octanol–water partition coefficient (Wildman–Crippen LogP) is 2.74. The molecule has 0 heterocycles. The van der Waals surface area contributed by atoms with Crippen molar-refractivity contribution in [2.75, 3.05) is 32.5 Å². The molecule has 1 aromatic rings. The Bertz CT molecular complexity index is 573. The fraction of sp³-hybridized carbons (Fsp3) is 0.579. The summed E-state index contributed by atoms with van der Waals surface area (Å²) in [5.74, 6) is -0.223. The lowest BCUT2D eigenvalue weighted by atomic mass is 10.0. The quantitative estimate of drug-likeness (QED) is 0.835. The van der Waals surface area contributed by atoms with E-state index in [2.05, 4.69) is 10.2 Å². The lowest BCUT2D eigenvalue weighted by molar-refractivity contribution is -0.136. The number of amides is 2. The van der Waals surface area contributed by atoms with E-state index in [0.29, 0.717) is 6.54 Å². The van der Waals surface area contributed by atoms with Crippen molar-refractivity contribution in [1.29, 1.82) is 0 Å². The highest BCUT2D eigenvalue weighted by Gasteiger charge is 2.24. The highest BCUT2D eigenvalue weighted by Crippen LogP contribution is 2.22. The molecule has 5 heteroatoms. The largest absolute Gasteiger partial charge is 0.331 e. The number of nitrogens with one attached hydrogen (secondary N) is 1. The van der Waals surface area contributed by atoms with Crippen LogP contribution in [0, 0.1) is 20.8 Å². The summed E-state index contributed by atoms with van der Waals surface area (Å²) in [7, 11) is 3.99. The van der Waals surface area contributed by atoms with E-state index in [1.165, 1.54) is 12.5 Å². The molecule has 0 fully saturated rings. The topological polar surface area (TPSA) is 52.7 Å². The van der Waals surface area contributed by atoms with Crippen molar-refractivity contribution in [3.8, 4) is 0 Å². The van der Waals surface area contributed by atoms with Crippen molar-refractivity contribution in [3.63, 3.8) is 0 Å². The number of anilines is 1. The van der Waals surface area contributed by atoms with Crippen LogP contribution in [0.1, 0.15) is 37.0 Å². The van der Waals surface area contributed by atoms with E-state index in [4.69, 9.17) is 0 Å². The summed E-state index contributed by atoms with van der Waals surface area (Å²) in [5, 5.41) is 3.00. The molecule has 134 valence electrons. The maximum Gasteiger partial charge on any atom is 0.246 e. The van der Waals surface area contributed by atoms with Crippen LogP contribution in [0.3, 0.4) is 0 Å². The molecular weight excluding hydrogens is 302 g/mol. The second-order valence-corrected chi connectivity index (χ2v) is 6.81. The van der Waals surface area contributed by atoms with Gasteiger partial charge in [0, 0.05) is 19.2 Å². The SMILES string of the molecule is CC(=O)N(CCCN(C)C)C(C)C(=O)Nc1c(C)cc(C)cc1C. The molecule has 2 amide bonds. The summed E-state index contributed by atoms with van der Waals surface area (Å²) in [6.45, 7) is 10.8. The molecule has 0 radical (unpaired) electrons. The number of hydrogen-bond donors (Lipinski definition) is 1. The van der Waals surface area contributed by atoms with Crippen LogP contribution in [-0.2, 0) is 9.59 Å². The normalized spacial score (nSPS) is 12.2. The van der Waals surface area contributed by atoms with Crippen LogP contribution in [0.25, 0.3) is 0 Å². The Morgan fingerprint density at radius 1 is 1.08 bits per heavy atom. The van der Waals surface area contributed by atoms with E-state index in [1.54, 1.807) is 11.8 Å². The van der Waals surface area contributed by atoms with Gasteiger partial charge in [0.15, 0.2) is 0 Å². The summed E-state index contributed by atoms with van der Waals surface area (Å²) in [5.41, 5.74) is 4.09. The summed E-state index contributed by atoms with van der Waals surface area (Å²) < 4.78 is 0. The minimum absolute atomic E-state index is 0.0752. The molecule has 1 atom stereocenters. The van der Waals surface area contributed by atoms with Gasteiger partial charge >= 0.3 is 0 Å². The van der Waals surface area contributed by atoms with Crippen LogP contribution in [0.2, 0.25) is 0 Å². The lowest BCUT2D eigenvalue weighted by Gasteiger charge is -2.28. The van der Waals surface area contributed by atoms with Crippen molar-refractivity contribution in [2.45, 2.75) is 47.1 Å². The van der Waals surface area contributed by atoms with Crippen LogP contribution < -0.4 is 5.32 Å². The molecule has 0 aliphatic heterocycles. The van der Waals surface area contributed by atoms with Crippen molar-refractivity contribution in [1.82, 2.24) is 9.80 Å². The van der Waals surface area contributed by atoms with E-state index in [1.807, 2.05) is 47.0 Å². The zero-order valence-electron chi connectivity index (χ0n) is 16.1. The first-order chi connectivity index (χ1) is 11.1. The molecular formula is C19H31N3O2. The number of aryl methyl sites for hydroxylation is 3. The third-order valence-corrected chi connectivity index (χ3v) is 4.18. The molecule has 1 aromatic carbocycles. The van der Waals surface area contributed by atoms with Gasteiger partial charge in [-0.3, -0.25) is 9.59 Å². The monoisotopic (exact) mass is 333 g/mol. The Kier molecular flexibility index (Phi) is 7.42. The van der Waals surface area contributed by atoms with E-state index in [-0.39, 0.29) is 11.8 Å². The Hall–Kier alpha value is -1.88. The first kappa shape index (κ1) is 20.2. The van der Waals surface area contributed by atoms with Crippen LogP contribution in [0.4, 0.5) is 5.69 Å². The summed E-state index contributed by atoms with van der Waals surface area (Å²) in [6.07, 6.45) is 0.840. The van der Waals surface area contributed by atoms with E-state index in [9.17, 15) is 9.59 Å². The maximum absolute atomic E-state index is 12.6. The molecule has 0 aromatic heterocycles. The Labute approximate surface area is 146 Å². The van der Waals surface area contributed by atoms with Gasteiger partial charge in [0.05, 0.1) is 0 Å². The minimum Gasteiger partial charge on any atom is -0.331 e. The van der Waals surface area contributed by atoms with Gasteiger partial charge in [-0.2, -0.15) is 0 Å². The Balaban J connectivity index is 2.82. The summed E-state index contributed by atoms with van der Waals surface area (Å²) in [4.78, 5) is 28.3. The third-order valence-electron chi connectivity index (χ3n) is 4.18. The average Bonchev–Trinajstić information content (AvgIpc) is 2.45. The molecule has 0 saturated heterocycles.